The molecule has 0 unspecified atom stereocenters. The highest BCUT2D eigenvalue weighted by molar-refractivity contribution is 7.17. The van der Waals surface area contributed by atoms with Crippen LogP contribution in [0.3, 0.4) is 0 Å². The van der Waals surface area contributed by atoms with Crippen LogP contribution in [0.25, 0.3) is 0 Å². The Hall–Kier alpha value is -1.88. The molecule has 1 aromatic carbocycles. The summed E-state index contributed by atoms with van der Waals surface area (Å²) in [4.78, 5) is 18.6. The molecule has 2 rings (SSSR count). The smallest absolute Gasteiger partial charge is 0.265 e. The Kier molecular flexibility index (Phi) is 4.16. The number of benzene rings is 1. The lowest BCUT2D eigenvalue weighted by molar-refractivity contribution is 0.0831. The SMILES string of the molecule is Cc1nc(NCc2ccccc2)sc1C(=O)N(C)C. The van der Waals surface area contributed by atoms with Crippen molar-refractivity contribution < 1.29 is 4.79 Å². The van der Waals surface area contributed by atoms with Crippen molar-refractivity contribution in [2.75, 3.05) is 19.4 Å². The van der Waals surface area contributed by atoms with Gasteiger partial charge in [-0.3, -0.25) is 4.79 Å². The number of hydrogen-bond acceptors (Lipinski definition) is 4. The van der Waals surface area contributed by atoms with Gasteiger partial charge in [0, 0.05) is 20.6 Å². The maximum atomic E-state index is 11.9. The molecular weight excluding hydrogens is 258 g/mol. The number of aryl methyl sites for hydroxylation is 1. The van der Waals surface area contributed by atoms with Crippen LogP contribution in [0.4, 0.5) is 5.13 Å². The average Bonchev–Trinajstić information content (AvgIpc) is 2.78. The van der Waals surface area contributed by atoms with Crippen LogP contribution < -0.4 is 5.32 Å². The Balaban J connectivity index is 2.06. The number of hydrogen-bond donors (Lipinski definition) is 1. The fourth-order valence-corrected chi connectivity index (χ4v) is 2.63. The zero-order valence-electron chi connectivity index (χ0n) is 11.3. The first-order valence-corrected chi connectivity index (χ1v) is 6.86. The molecule has 0 fully saturated rings. The standard InChI is InChI=1S/C14H17N3OS/c1-10-12(13(18)17(2)3)19-14(16-10)15-9-11-7-5-4-6-8-11/h4-8H,9H2,1-3H3,(H,15,16). The minimum absolute atomic E-state index is 0.00256. The quantitative estimate of drug-likeness (QED) is 0.933. The van der Waals surface area contributed by atoms with E-state index in [4.69, 9.17) is 0 Å². The molecule has 0 saturated heterocycles. The number of amides is 1. The number of nitrogens with one attached hydrogen (secondary N) is 1. The number of rotatable bonds is 4. The minimum Gasteiger partial charge on any atom is -0.357 e. The van der Waals surface area contributed by atoms with Crippen LogP contribution in [0.2, 0.25) is 0 Å². The summed E-state index contributed by atoms with van der Waals surface area (Å²) in [6.45, 7) is 2.57. The lowest BCUT2D eigenvalue weighted by Gasteiger charge is -2.07. The highest BCUT2D eigenvalue weighted by Gasteiger charge is 2.16. The van der Waals surface area contributed by atoms with Gasteiger partial charge in [-0.15, -0.1) is 0 Å². The summed E-state index contributed by atoms with van der Waals surface area (Å²) >= 11 is 1.40. The van der Waals surface area contributed by atoms with Crippen LogP contribution in [0, 0.1) is 6.92 Å². The molecule has 1 amide bonds. The second-order valence-corrected chi connectivity index (χ2v) is 5.47. The van der Waals surface area contributed by atoms with Gasteiger partial charge in [-0.05, 0) is 12.5 Å². The Morgan fingerprint density at radius 2 is 2.00 bits per heavy atom. The average molecular weight is 275 g/mol. The summed E-state index contributed by atoms with van der Waals surface area (Å²) in [6.07, 6.45) is 0. The van der Waals surface area contributed by atoms with Gasteiger partial charge in [-0.2, -0.15) is 0 Å². The summed E-state index contributed by atoms with van der Waals surface area (Å²) in [5.41, 5.74) is 1.97. The number of nitrogens with zero attached hydrogens (tertiary/aromatic N) is 2. The van der Waals surface area contributed by atoms with Gasteiger partial charge in [0.15, 0.2) is 5.13 Å². The maximum absolute atomic E-state index is 11.9. The first-order valence-electron chi connectivity index (χ1n) is 6.05. The van der Waals surface area contributed by atoms with E-state index in [9.17, 15) is 4.79 Å². The Labute approximate surface area is 117 Å². The van der Waals surface area contributed by atoms with Crippen molar-refractivity contribution in [1.82, 2.24) is 9.88 Å². The fourth-order valence-electron chi connectivity index (χ4n) is 1.65. The molecular formula is C14H17N3OS. The zero-order chi connectivity index (χ0) is 13.8. The van der Waals surface area contributed by atoms with E-state index < -0.39 is 0 Å². The third-order valence-corrected chi connectivity index (χ3v) is 3.79. The largest absolute Gasteiger partial charge is 0.357 e. The van der Waals surface area contributed by atoms with E-state index in [2.05, 4.69) is 22.4 Å². The van der Waals surface area contributed by atoms with Gasteiger partial charge in [-0.25, -0.2) is 4.98 Å². The van der Waals surface area contributed by atoms with E-state index in [1.165, 1.54) is 16.9 Å². The zero-order valence-corrected chi connectivity index (χ0v) is 12.1. The Morgan fingerprint density at radius 3 is 2.63 bits per heavy atom. The van der Waals surface area contributed by atoms with Crippen molar-refractivity contribution in [3.8, 4) is 0 Å². The van der Waals surface area contributed by atoms with Crippen molar-refractivity contribution in [2.24, 2.45) is 0 Å². The van der Waals surface area contributed by atoms with Crippen molar-refractivity contribution in [2.45, 2.75) is 13.5 Å². The summed E-state index contributed by atoms with van der Waals surface area (Å²) in [5.74, 6) is 0.00256. The molecule has 0 saturated carbocycles. The number of carbonyl (C=O) groups excluding carboxylic acids is 1. The van der Waals surface area contributed by atoms with Crippen LogP contribution in [-0.2, 0) is 6.54 Å². The van der Waals surface area contributed by atoms with Gasteiger partial charge in [0.05, 0.1) is 5.69 Å². The minimum atomic E-state index is 0.00256. The lowest BCUT2D eigenvalue weighted by Crippen LogP contribution is -2.21. The Morgan fingerprint density at radius 1 is 1.32 bits per heavy atom. The Bertz CT molecular complexity index is 563. The molecule has 19 heavy (non-hydrogen) atoms. The van der Waals surface area contributed by atoms with Crippen molar-refractivity contribution in [1.29, 1.82) is 0 Å². The fraction of sp³-hybridized carbons (Fsp3) is 0.286. The molecule has 2 aromatic rings. The predicted molar refractivity (Wildman–Crippen MR) is 78.6 cm³/mol. The normalized spacial score (nSPS) is 10.3. The molecule has 0 atom stereocenters. The number of thiazole rings is 1. The topological polar surface area (TPSA) is 45.2 Å². The van der Waals surface area contributed by atoms with E-state index in [-0.39, 0.29) is 5.91 Å². The van der Waals surface area contributed by atoms with Crippen molar-refractivity contribution >= 4 is 22.4 Å². The summed E-state index contributed by atoms with van der Waals surface area (Å²) in [7, 11) is 3.50. The highest BCUT2D eigenvalue weighted by atomic mass is 32.1. The summed E-state index contributed by atoms with van der Waals surface area (Å²) < 4.78 is 0. The van der Waals surface area contributed by atoms with Crippen LogP contribution in [0.15, 0.2) is 30.3 Å². The number of carbonyl (C=O) groups is 1. The molecule has 0 radical (unpaired) electrons. The van der Waals surface area contributed by atoms with Gasteiger partial charge in [0.1, 0.15) is 4.88 Å². The van der Waals surface area contributed by atoms with Crippen molar-refractivity contribution in [3.63, 3.8) is 0 Å². The van der Waals surface area contributed by atoms with Gasteiger partial charge in [0.2, 0.25) is 0 Å². The lowest BCUT2D eigenvalue weighted by atomic mass is 10.2. The first kappa shape index (κ1) is 13.5. The molecule has 0 aliphatic carbocycles. The third-order valence-electron chi connectivity index (χ3n) is 2.68. The number of anilines is 1. The summed E-state index contributed by atoms with van der Waals surface area (Å²) in [5, 5.41) is 4.04. The van der Waals surface area contributed by atoms with E-state index in [0.29, 0.717) is 11.4 Å². The van der Waals surface area contributed by atoms with E-state index >= 15 is 0 Å². The molecule has 100 valence electrons. The molecule has 1 aromatic heterocycles. The molecule has 4 nitrogen and oxygen atoms in total. The van der Waals surface area contributed by atoms with E-state index in [0.717, 1.165) is 10.8 Å². The highest BCUT2D eigenvalue weighted by Crippen LogP contribution is 2.23. The van der Waals surface area contributed by atoms with Gasteiger partial charge in [0.25, 0.3) is 5.91 Å². The second-order valence-electron chi connectivity index (χ2n) is 4.47. The van der Waals surface area contributed by atoms with Gasteiger partial charge < -0.3 is 10.2 Å². The van der Waals surface area contributed by atoms with Crippen molar-refractivity contribution in [3.05, 3.63) is 46.5 Å². The molecule has 0 bridgehead atoms. The van der Waals surface area contributed by atoms with E-state index in [1.807, 2.05) is 25.1 Å². The molecule has 0 aliphatic heterocycles. The maximum Gasteiger partial charge on any atom is 0.265 e. The second kappa shape index (κ2) is 5.84. The molecule has 1 heterocycles. The monoisotopic (exact) mass is 275 g/mol. The molecule has 1 N–H and O–H groups in total. The van der Waals surface area contributed by atoms with Crippen LogP contribution in [0.1, 0.15) is 20.9 Å². The van der Waals surface area contributed by atoms with Crippen LogP contribution in [0.5, 0.6) is 0 Å². The first-order chi connectivity index (χ1) is 9.08. The molecule has 0 spiro atoms. The number of aromatic nitrogens is 1. The van der Waals surface area contributed by atoms with Crippen LogP contribution >= 0.6 is 11.3 Å². The van der Waals surface area contributed by atoms with E-state index in [1.54, 1.807) is 19.0 Å². The predicted octanol–water partition coefficient (Wildman–Crippen LogP) is 2.77. The summed E-state index contributed by atoms with van der Waals surface area (Å²) in [6, 6.07) is 10.1. The molecule has 5 heteroatoms. The third kappa shape index (κ3) is 3.32. The van der Waals surface area contributed by atoms with Gasteiger partial charge >= 0.3 is 0 Å². The van der Waals surface area contributed by atoms with Crippen LogP contribution in [-0.4, -0.2) is 29.9 Å². The molecule has 0 aliphatic rings. The van der Waals surface area contributed by atoms with Gasteiger partial charge in [-0.1, -0.05) is 41.7 Å².